The van der Waals surface area contributed by atoms with Gasteiger partial charge >= 0.3 is 5.97 Å². The van der Waals surface area contributed by atoms with Crippen molar-refractivity contribution in [1.29, 1.82) is 0 Å². The average molecular weight is 313 g/mol. The molecule has 1 fully saturated rings. The number of rotatable bonds is 4. The summed E-state index contributed by atoms with van der Waals surface area (Å²) in [7, 11) is 0. The van der Waals surface area contributed by atoms with Gasteiger partial charge in [-0.15, -0.1) is 0 Å². The summed E-state index contributed by atoms with van der Waals surface area (Å²) in [5.74, 6) is -0.579. The molecule has 0 bridgehead atoms. The van der Waals surface area contributed by atoms with Crippen LogP contribution in [0, 0.1) is 13.8 Å². The second kappa shape index (κ2) is 5.87. The third-order valence-corrected chi connectivity index (χ3v) is 4.31. The molecule has 2 N–H and O–H groups in total. The number of aryl methyl sites for hydroxylation is 1. The first-order valence-corrected chi connectivity index (χ1v) is 7.58. The molecular weight excluding hydrogens is 294 g/mol. The first kappa shape index (κ1) is 15.3. The summed E-state index contributed by atoms with van der Waals surface area (Å²) in [5, 5.41) is 16.1. The maximum Gasteiger partial charge on any atom is 0.325 e. The Bertz CT molecular complexity index is 762. The SMILES string of the molecule is Cc1nn(CC(=O)O)c(C)c1-c1ccc(C2CNC(=O)C2)cc1. The molecule has 0 spiro atoms. The summed E-state index contributed by atoms with van der Waals surface area (Å²) in [5.41, 5.74) is 4.78. The summed E-state index contributed by atoms with van der Waals surface area (Å²) < 4.78 is 1.51. The molecule has 1 aromatic heterocycles. The number of nitrogens with one attached hydrogen (secondary N) is 1. The molecule has 1 unspecified atom stereocenters. The number of hydrogen-bond donors (Lipinski definition) is 2. The Morgan fingerprint density at radius 2 is 2.04 bits per heavy atom. The van der Waals surface area contributed by atoms with Gasteiger partial charge in [-0.05, 0) is 25.0 Å². The number of hydrogen-bond acceptors (Lipinski definition) is 3. The summed E-state index contributed by atoms with van der Waals surface area (Å²) in [6.07, 6.45) is 0.536. The molecule has 2 heterocycles. The Kier molecular flexibility index (Phi) is 3.90. The van der Waals surface area contributed by atoms with Gasteiger partial charge < -0.3 is 10.4 Å². The van der Waals surface area contributed by atoms with Gasteiger partial charge in [0.25, 0.3) is 0 Å². The Balaban J connectivity index is 1.89. The smallest absolute Gasteiger partial charge is 0.325 e. The van der Waals surface area contributed by atoms with Gasteiger partial charge in [-0.1, -0.05) is 24.3 Å². The molecule has 1 atom stereocenters. The topological polar surface area (TPSA) is 84.2 Å². The third kappa shape index (κ3) is 2.97. The van der Waals surface area contributed by atoms with Crippen molar-refractivity contribution in [3.8, 4) is 11.1 Å². The van der Waals surface area contributed by atoms with Gasteiger partial charge in [0.2, 0.25) is 5.91 Å². The molecule has 0 saturated carbocycles. The lowest BCUT2D eigenvalue weighted by molar-refractivity contribution is -0.138. The second-order valence-corrected chi connectivity index (χ2v) is 5.92. The first-order chi connectivity index (χ1) is 11.0. The van der Waals surface area contributed by atoms with Crippen molar-refractivity contribution < 1.29 is 14.7 Å². The molecular formula is C17H19N3O3. The Morgan fingerprint density at radius 1 is 1.35 bits per heavy atom. The van der Waals surface area contributed by atoms with E-state index in [2.05, 4.69) is 10.4 Å². The molecule has 120 valence electrons. The van der Waals surface area contributed by atoms with Crippen molar-refractivity contribution in [2.45, 2.75) is 32.7 Å². The lowest BCUT2D eigenvalue weighted by Crippen LogP contribution is -2.13. The maximum absolute atomic E-state index is 11.3. The van der Waals surface area contributed by atoms with E-state index in [0.29, 0.717) is 13.0 Å². The molecule has 3 rings (SSSR count). The van der Waals surface area contributed by atoms with Gasteiger partial charge in [-0.3, -0.25) is 14.3 Å². The number of aliphatic carboxylic acids is 1. The summed E-state index contributed by atoms with van der Waals surface area (Å²) >= 11 is 0. The second-order valence-electron chi connectivity index (χ2n) is 5.92. The van der Waals surface area contributed by atoms with E-state index in [1.165, 1.54) is 4.68 Å². The normalized spacial score (nSPS) is 17.3. The fourth-order valence-electron chi connectivity index (χ4n) is 3.16. The highest BCUT2D eigenvalue weighted by Crippen LogP contribution is 2.30. The predicted molar refractivity (Wildman–Crippen MR) is 85.1 cm³/mol. The Labute approximate surface area is 134 Å². The van der Waals surface area contributed by atoms with Gasteiger partial charge in [0.15, 0.2) is 0 Å². The summed E-state index contributed by atoms with van der Waals surface area (Å²) in [4.78, 5) is 22.2. The minimum atomic E-state index is -0.907. The zero-order valence-corrected chi connectivity index (χ0v) is 13.2. The van der Waals surface area contributed by atoms with E-state index in [1.54, 1.807) is 0 Å². The van der Waals surface area contributed by atoms with Crippen LogP contribution in [0.5, 0.6) is 0 Å². The highest BCUT2D eigenvalue weighted by atomic mass is 16.4. The largest absolute Gasteiger partial charge is 0.480 e. The number of carboxylic acids is 1. The van der Waals surface area contributed by atoms with E-state index in [0.717, 1.165) is 28.1 Å². The number of carbonyl (C=O) groups excluding carboxylic acids is 1. The number of carboxylic acid groups (broad SMARTS) is 1. The van der Waals surface area contributed by atoms with Crippen molar-refractivity contribution in [3.63, 3.8) is 0 Å². The standard InChI is InChI=1S/C17H19N3O3/c1-10-17(11(2)20(19-10)9-16(22)23)13-5-3-12(4-6-13)14-7-15(21)18-8-14/h3-6,14H,7-9H2,1-2H3,(H,18,21)(H,22,23). The van der Waals surface area contributed by atoms with Crippen LogP contribution in [-0.4, -0.2) is 33.3 Å². The van der Waals surface area contributed by atoms with Crippen LogP contribution >= 0.6 is 0 Å². The van der Waals surface area contributed by atoms with Crippen LogP contribution in [0.15, 0.2) is 24.3 Å². The molecule has 1 saturated heterocycles. The monoisotopic (exact) mass is 313 g/mol. The number of nitrogens with zero attached hydrogens (tertiary/aromatic N) is 2. The van der Waals surface area contributed by atoms with Crippen LogP contribution < -0.4 is 5.32 Å². The van der Waals surface area contributed by atoms with Gasteiger partial charge in [0.05, 0.1) is 5.69 Å². The predicted octanol–water partition coefficient (Wildman–Crippen LogP) is 1.86. The van der Waals surface area contributed by atoms with Crippen LogP contribution in [0.4, 0.5) is 0 Å². The molecule has 1 aromatic carbocycles. The molecule has 1 aliphatic heterocycles. The Hall–Kier alpha value is -2.63. The molecule has 23 heavy (non-hydrogen) atoms. The fourth-order valence-corrected chi connectivity index (χ4v) is 3.16. The molecule has 1 amide bonds. The molecule has 0 radical (unpaired) electrons. The van der Waals surface area contributed by atoms with E-state index in [9.17, 15) is 9.59 Å². The van der Waals surface area contributed by atoms with E-state index in [-0.39, 0.29) is 18.4 Å². The zero-order chi connectivity index (χ0) is 16.6. The lowest BCUT2D eigenvalue weighted by atomic mass is 9.95. The summed E-state index contributed by atoms with van der Waals surface area (Å²) in [6, 6.07) is 8.10. The van der Waals surface area contributed by atoms with Crippen LogP contribution in [-0.2, 0) is 16.1 Å². The number of amides is 1. The molecule has 2 aromatic rings. The fraction of sp³-hybridized carbons (Fsp3) is 0.353. The molecule has 6 heteroatoms. The van der Waals surface area contributed by atoms with Crippen LogP contribution in [0.25, 0.3) is 11.1 Å². The van der Waals surface area contributed by atoms with E-state index >= 15 is 0 Å². The van der Waals surface area contributed by atoms with Gasteiger partial charge in [0, 0.05) is 30.1 Å². The van der Waals surface area contributed by atoms with Crippen molar-refractivity contribution in [3.05, 3.63) is 41.2 Å². The quantitative estimate of drug-likeness (QED) is 0.902. The van der Waals surface area contributed by atoms with Crippen molar-refractivity contribution in [2.24, 2.45) is 0 Å². The van der Waals surface area contributed by atoms with Gasteiger partial charge in [-0.25, -0.2) is 0 Å². The van der Waals surface area contributed by atoms with Crippen molar-refractivity contribution >= 4 is 11.9 Å². The average Bonchev–Trinajstić information content (AvgIpc) is 3.04. The maximum atomic E-state index is 11.3. The number of carbonyl (C=O) groups is 2. The lowest BCUT2D eigenvalue weighted by Gasteiger charge is -2.09. The van der Waals surface area contributed by atoms with Gasteiger partial charge in [0.1, 0.15) is 6.54 Å². The highest BCUT2D eigenvalue weighted by molar-refractivity contribution is 5.79. The van der Waals surface area contributed by atoms with E-state index in [4.69, 9.17) is 5.11 Å². The number of aromatic nitrogens is 2. The van der Waals surface area contributed by atoms with Crippen LogP contribution in [0.3, 0.4) is 0 Å². The first-order valence-electron chi connectivity index (χ1n) is 7.58. The van der Waals surface area contributed by atoms with E-state index in [1.807, 2.05) is 38.1 Å². The van der Waals surface area contributed by atoms with Crippen LogP contribution in [0.2, 0.25) is 0 Å². The number of benzene rings is 1. The summed E-state index contributed by atoms with van der Waals surface area (Å²) in [6.45, 7) is 4.31. The molecule has 0 aliphatic carbocycles. The van der Waals surface area contributed by atoms with E-state index < -0.39 is 5.97 Å². The Morgan fingerprint density at radius 3 is 2.61 bits per heavy atom. The molecule has 6 nitrogen and oxygen atoms in total. The van der Waals surface area contributed by atoms with Crippen LogP contribution in [0.1, 0.15) is 29.3 Å². The van der Waals surface area contributed by atoms with Crippen molar-refractivity contribution in [1.82, 2.24) is 15.1 Å². The third-order valence-electron chi connectivity index (χ3n) is 4.31. The minimum Gasteiger partial charge on any atom is -0.480 e. The molecule has 1 aliphatic rings. The minimum absolute atomic E-state index is 0.0979. The zero-order valence-electron chi connectivity index (χ0n) is 13.2. The van der Waals surface area contributed by atoms with Crippen molar-refractivity contribution in [2.75, 3.05) is 6.54 Å². The van der Waals surface area contributed by atoms with Gasteiger partial charge in [-0.2, -0.15) is 5.10 Å². The highest BCUT2D eigenvalue weighted by Gasteiger charge is 2.23.